The minimum absolute atomic E-state index is 0.0400. The van der Waals surface area contributed by atoms with Gasteiger partial charge in [0.2, 0.25) is 23.6 Å². The Balaban J connectivity index is 1.91. The van der Waals surface area contributed by atoms with Crippen LogP contribution in [-0.4, -0.2) is 137 Å². The lowest BCUT2D eigenvalue weighted by Gasteiger charge is -2.24. The van der Waals surface area contributed by atoms with Gasteiger partial charge in [0, 0.05) is 39.0 Å². The lowest BCUT2D eigenvalue weighted by Crippen LogP contribution is -2.46. The van der Waals surface area contributed by atoms with Gasteiger partial charge in [0.1, 0.15) is 25.0 Å². The van der Waals surface area contributed by atoms with E-state index >= 15 is 0 Å². The van der Waals surface area contributed by atoms with E-state index in [9.17, 15) is 28.8 Å². The van der Waals surface area contributed by atoms with Gasteiger partial charge in [0.15, 0.2) is 0 Å². The van der Waals surface area contributed by atoms with Crippen molar-refractivity contribution in [1.29, 1.82) is 0 Å². The number of nitrogens with two attached hydrogens (primary N) is 1. The third kappa shape index (κ3) is 20.5. The number of nitrogens with zero attached hydrogens (tertiary/aromatic N) is 1. The average Bonchev–Trinajstić information content (AvgIpc) is 3.49. The van der Waals surface area contributed by atoms with E-state index < -0.39 is 18.1 Å². The number of carboxylic acids is 1. The topological polar surface area (TPSA) is 225 Å². The highest BCUT2D eigenvalue weighted by Gasteiger charge is 2.33. The van der Waals surface area contributed by atoms with Gasteiger partial charge in [-0.3, -0.25) is 28.8 Å². The maximum atomic E-state index is 12.5. The quantitative estimate of drug-likeness (QED) is 0.0660. The van der Waals surface area contributed by atoms with Crippen LogP contribution >= 0.6 is 0 Å². The van der Waals surface area contributed by atoms with Crippen LogP contribution in [0.25, 0.3) is 0 Å². The summed E-state index contributed by atoms with van der Waals surface area (Å²) in [4.78, 5) is 71.5. The molecule has 16 nitrogen and oxygen atoms in total. The number of hydrogen-bond acceptors (Lipinski definition) is 11. The van der Waals surface area contributed by atoms with Crippen molar-refractivity contribution in [3.63, 3.8) is 0 Å². The molecule has 1 aliphatic rings. The third-order valence-corrected chi connectivity index (χ3v) is 6.77. The van der Waals surface area contributed by atoms with Crippen LogP contribution in [0.3, 0.4) is 0 Å². The molecule has 2 atom stereocenters. The predicted octanol–water partition coefficient (Wildman–Crippen LogP) is -1.27. The molecule has 0 aliphatic carbocycles. The summed E-state index contributed by atoms with van der Waals surface area (Å²) >= 11 is 0. The molecule has 0 bridgehead atoms. The van der Waals surface area contributed by atoms with Crippen LogP contribution in [0.4, 0.5) is 0 Å². The molecule has 0 aromatic heterocycles. The number of nitrogens with one attached hydrogen (secondary N) is 3. The largest absolute Gasteiger partial charge is 0.481 e. The second-order valence-electron chi connectivity index (χ2n) is 10.5. The molecule has 1 saturated heterocycles. The van der Waals surface area contributed by atoms with Crippen LogP contribution in [0.5, 0.6) is 0 Å². The van der Waals surface area contributed by atoms with Crippen molar-refractivity contribution in [3.05, 3.63) is 0 Å². The van der Waals surface area contributed by atoms with E-state index in [1.807, 2.05) is 0 Å². The van der Waals surface area contributed by atoms with Gasteiger partial charge in [-0.1, -0.05) is 0 Å². The summed E-state index contributed by atoms with van der Waals surface area (Å²) in [7, 11) is 0. The van der Waals surface area contributed by atoms with Gasteiger partial charge < -0.3 is 50.6 Å². The molecule has 0 aromatic rings. The third-order valence-electron chi connectivity index (χ3n) is 6.77. The minimum atomic E-state index is -0.952. The van der Waals surface area contributed by atoms with Crippen molar-refractivity contribution in [2.24, 2.45) is 5.73 Å². The van der Waals surface area contributed by atoms with Crippen LogP contribution in [0.2, 0.25) is 0 Å². The van der Waals surface area contributed by atoms with E-state index in [2.05, 4.69) is 16.0 Å². The van der Waals surface area contributed by atoms with E-state index in [-0.39, 0.29) is 108 Å². The first-order valence-electron chi connectivity index (χ1n) is 15.5. The number of ether oxygens (including phenoxy) is 4. The van der Waals surface area contributed by atoms with E-state index in [4.69, 9.17) is 29.8 Å². The molecule has 0 spiro atoms. The van der Waals surface area contributed by atoms with E-state index in [1.54, 1.807) is 0 Å². The molecule has 1 heterocycles. The Morgan fingerprint density at radius 1 is 0.778 bits per heavy atom. The molecule has 1 rings (SSSR count). The zero-order valence-electron chi connectivity index (χ0n) is 26.4. The molecule has 16 heteroatoms. The number of amides is 4. The van der Waals surface area contributed by atoms with Crippen LogP contribution in [0, 0.1) is 0 Å². The van der Waals surface area contributed by atoms with Crippen molar-refractivity contribution < 1.29 is 52.8 Å². The molecule has 0 saturated carbocycles. The smallest absolute Gasteiger partial charge is 0.303 e. The van der Waals surface area contributed by atoms with Crippen molar-refractivity contribution in [3.8, 4) is 0 Å². The Hall–Kier alpha value is -3.18. The molecule has 1 fully saturated rings. The Kier molecular flexibility index (Phi) is 22.2. The molecular formula is C29H51N5O11. The van der Waals surface area contributed by atoms with Gasteiger partial charge in [-0.05, 0) is 45.4 Å². The van der Waals surface area contributed by atoms with E-state index in [0.29, 0.717) is 32.5 Å². The minimum Gasteiger partial charge on any atom is -0.481 e. The lowest BCUT2D eigenvalue weighted by atomic mass is 10.1. The van der Waals surface area contributed by atoms with E-state index in [1.165, 1.54) is 11.8 Å². The first-order chi connectivity index (χ1) is 21.6. The number of unbranched alkanes of at least 4 members (excludes halogenated alkanes) is 1. The molecule has 2 unspecified atom stereocenters. The van der Waals surface area contributed by atoms with Crippen molar-refractivity contribution in [1.82, 2.24) is 20.9 Å². The summed E-state index contributed by atoms with van der Waals surface area (Å²) in [5, 5.41) is 16.9. The zero-order chi connectivity index (χ0) is 33.3. The molecule has 6 N–H and O–H groups in total. The first-order valence-corrected chi connectivity index (χ1v) is 15.5. The number of likely N-dealkylation sites (tertiary alicyclic amines) is 1. The summed E-state index contributed by atoms with van der Waals surface area (Å²) in [6.45, 7) is 4.21. The second kappa shape index (κ2) is 25.1. The lowest BCUT2D eigenvalue weighted by molar-refractivity contribution is -0.139. The van der Waals surface area contributed by atoms with E-state index in [0.717, 1.165) is 19.3 Å². The number of hydrogen-bond donors (Lipinski definition) is 5. The Morgan fingerprint density at radius 3 is 1.96 bits per heavy atom. The maximum absolute atomic E-state index is 12.5. The van der Waals surface area contributed by atoms with Gasteiger partial charge in [-0.15, -0.1) is 0 Å². The maximum Gasteiger partial charge on any atom is 0.303 e. The Bertz CT molecular complexity index is 921. The number of rotatable bonds is 27. The van der Waals surface area contributed by atoms with Gasteiger partial charge in [-0.25, -0.2) is 0 Å². The summed E-state index contributed by atoms with van der Waals surface area (Å²) in [6, 6.07) is -0.992. The molecule has 45 heavy (non-hydrogen) atoms. The highest BCUT2D eigenvalue weighted by molar-refractivity contribution is 5.88. The fraction of sp³-hybridized carbons (Fsp3) is 0.793. The van der Waals surface area contributed by atoms with Crippen molar-refractivity contribution in [2.45, 2.75) is 70.4 Å². The molecule has 258 valence electrons. The van der Waals surface area contributed by atoms with Gasteiger partial charge in [0.05, 0.1) is 45.7 Å². The summed E-state index contributed by atoms with van der Waals surface area (Å²) in [6.07, 6.45) is 3.64. The van der Waals surface area contributed by atoms with Crippen LogP contribution in [0.15, 0.2) is 0 Å². The summed E-state index contributed by atoms with van der Waals surface area (Å²) < 4.78 is 21.3. The Labute approximate surface area is 264 Å². The Morgan fingerprint density at radius 2 is 1.36 bits per heavy atom. The van der Waals surface area contributed by atoms with Crippen LogP contribution < -0.4 is 21.7 Å². The summed E-state index contributed by atoms with van der Waals surface area (Å²) in [5.41, 5.74) is 5.66. The zero-order valence-corrected chi connectivity index (χ0v) is 26.4. The van der Waals surface area contributed by atoms with Gasteiger partial charge in [-0.2, -0.15) is 0 Å². The molecular weight excluding hydrogens is 594 g/mol. The highest BCUT2D eigenvalue weighted by atomic mass is 16.5. The number of carboxylic acid groups (broad SMARTS) is 1. The van der Waals surface area contributed by atoms with Crippen molar-refractivity contribution in [2.75, 3.05) is 79.0 Å². The second-order valence-corrected chi connectivity index (χ2v) is 10.5. The molecule has 1 aliphatic heterocycles. The van der Waals surface area contributed by atoms with Gasteiger partial charge in [0.25, 0.3) is 0 Å². The number of ketones is 1. The SMILES string of the molecule is CC(=O)C(N)CCCCNC(=O)COCCOCCNC(=O)COCCOCCNC(=O)C1CCCN1C(=O)CCCC(=O)O. The fourth-order valence-electron chi connectivity index (χ4n) is 4.29. The van der Waals surface area contributed by atoms with Crippen LogP contribution in [-0.2, 0) is 47.7 Å². The molecule has 0 radical (unpaired) electrons. The molecule has 4 amide bonds. The number of carbonyl (C=O) groups is 6. The van der Waals surface area contributed by atoms with Crippen molar-refractivity contribution >= 4 is 35.4 Å². The number of Topliss-reactive ketones (excluding diaryl/α,β-unsaturated/α-hetero) is 1. The van der Waals surface area contributed by atoms with Gasteiger partial charge >= 0.3 is 5.97 Å². The summed E-state index contributed by atoms with van der Waals surface area (Å²) in [5.74, 6) is -1.99. The molecule has 0 aromatic carbocycles. The predicted molar refractivity (Wildman–Crippen MR) is 161 cm³/mol. The fourth-order valence-corrected chi connectivity index (χ4v) is 4.29. The number of carbonyl (C=O) groups excluding carboxylic acids is 5. The normalized spacial score (nSPS) is 15.0. The number of aliphatic carboxylic acids is 1. The standard InChI is InChI=1S/C29H51N5O11/c1-22(35)23(30)6-2-3-10-31-25(36)20-44-18-16-42-14-11-32-26(37)21-45-19-17-43-15-12-33-29(41)24-7-5-13-34(24)27(38)8-4-9-28(39)40/h23-24H,2-21,30H2,1H3,(H,31,36)(H,32,37)(H,33,41)(H,39,40). The monoisotopic (exact) mass is 645 g/mol. The average molecular weight is 646 g/mol. The first kappa shape index (κ1) is 39.8. The van der Waals surface area contributed by atoms with Crippen LogP contribution in [0.1, 0.15) is 58.3 Å². The highest BCUT2D eigenvalue weighted by Crippen LogP contribution is 2.19.